The molecule has 6 heteroatoms. The van der Waals surface area contributed by atoms with Crippen molar-refractivity contribution >= 4 is 11.5 Å². The lowest BCUT2D eigenvalue weighted by atomic mass is 10.2. The monoisotopic (exact) mass is 293 g/mol. The third kappa shape index (κ3) is 4.46. The summed E-state index contributed by atoms with van der Waals surface area (Å²) >= 11 is 0. The van der Waals surface area contributed by atoms with Gasteiger partial charge in [-0.05, 0) is 26.3 Å². The molecule has 21 heavy (non-hydrogen) atoms. The van der Waals surface area contributed by atoms with Crippen LogP contribution in [0.5, 0.6) is 5.88 Å². The van der Waals surface area contributed by atoms with Crippen molar-refractivity contribution in [1.82, 2.24) is 14.9 Å². The molecule has 1 aliphatic carbocycles. The first-order valence-electron chi connectivity index (χ1n) is 7.89. The van der Waals surface area contributed by atoms with E-state index in [1.807, 2.05) is 0 Å². The first-order chi connectivity index (χ1) is 10.2. The first kappa shape index (κ1) is 15.8. The molecule has 0 atom stereocenters. The summed E-state index contributed by atoms with van der Waals surface area (Å²) < 4.78 is 5.51. The van der Waals surface area contributed by atoms with Gasteiger partial charge in [0.1, 0.15) is 12.0 Å². The SMILES string of the molecule is CCCOc1ncnc(NCCN(C)C2CCCC2)c1N. The third-order valence-corrected chi connectivity index (χ3v) is 4.00. The van der Waals surface area contributed by atoms with Crippen molar-refractivity contribution in [3.8, 4) is 5.88 Å². The molecule has 0 bridgehead atoms. The highest BCUT2D eigenvalue weighted by atomic mass is 16.5. The quantitative estimate of drug-likeness (QED) is 0.764. The van der Waals surface area contributed by atoms with Crippen molar-refractivity contribution in [1.29, 1.82) is 0 Å². The van der Waals surface area contributed by atoms with Crippen LogP contribution in [-0.2, 0) is 0 Å². The Morgan fingerprint density at radius 1 is 1.38 bits per heavy atom. The first-order valence-corrected chi connectivity index (χ1v) is 7.89. The van der Waals surface area contributed by atoms with Crippen LogP contribution >= 0.6 is 0 Å². The van der Waals surface area contributed by atoms with Gasteiger partial charge in [-0.2, -0.15) is 4.98 Å². The van der Waals surface area contributed by atoms with E-state index in [1.54, 1.807) is 0 Å². The van der Waals surface area contributed by atoms with Gasteiger partial charge >= 0.3 is 0 Å². The minimum absolute atomic E-state index is 0.471. The summed E-state index contributed by atoms with van der Waals surface area (Å²) in [5, 5.41) is 3.29. The Labute approximate surface area is 127 Å². The van der Waals surface area contributed by atoms with Crippen LogP contribution in [-0.4, -0.2) is 47.7 Å². The second-order valence-electron chi connectivity index (χ2n) is 5.64. The van der Waals surface area contributed by atoms with Crippen LogP contribution in [0.3, 0.4) is 0 Å². The number of ether oxygens (including phenoxy) is 1. The van der Waals surface area contributed by atoms with Crippen LogP contribution in [0.4, 0.5) is 11.5 Å². The lowest BCUT2D eigenvalue weighted by Gasteiger charge is -2.24. The summed E-state index contributed by atoms with van der Waals surface area (Å²) in [6.07, 6.45) is 7.78. The second-order valence-corrected chi connectivity index (χ2v) is 5.64. The molecule has 118 valence electrons. The number of aromatic nitrogens is 2. The number of nitrogens with two attached hydrogens (primary N) is 1. The zero-order valence-electron chi connectivity index (χ0n) is 13.1. The molecule has 3 N–H and O–H groups in total. The van der Waals surface area contributed by atoms with Gasteiger partial charge < -0.3 is 20.7 Å². The van der Waals surface area contributed by atoms with Gasteiger partial charge in [-0.25, -0.2) is 4.98 Å². The highest BCUT2D eigenvalue weighted by Crippen LogP contribution is 2.25. The van der Waals surface area contributed by atoms with Crippen molar-refractivity contribution in [3.05, 3.63) is 6.33 Å². The number of rotatable bonds is 8. The Morgan fingerprint density at radius 2 is 2.14 bits per heavy atom. The maximum absolute atomic E-state index is 6.04. The summed E-state index contributed by atoms with van der Waals surface area (Å²) in [5.41, 5.74) is 6.53. The Hall–Kier alpha value is -1.56. The van der Waals surface area contributed by atoms with Crippen molar-refractivity contribution in [2.45, 2.75) is 45.1 Å². The minimum atomic E-state index is 0.471. The molecule has 1 fully saturated rings. The van der Waals surface area contributed by atoms with Crippen LogP contribution < -0.4 is 15.8 Å². The van der Waals surface area contributed by atoms with E-state index < -0.39 is 0 Å². The molecule has 0 aliphatic heterocycles. The van der Waals surface area contributed by atoms with Crippen LogP contribution in [0.2, 0.25) is 0 Å². The number of hydrogen-bond acceptors (Lipinski definition) is 6. The van der Waals surface area contributed by atoms with E-state index in [2.05, 4.69) is 34.2 Å². The predicted molar refractivity (Wildman–Crippen MR) is 85.6 cm³/mol. The Morgan fingerprint density at radius 3 is 2.86 bits per heavy atom. The predicted octanol–water partition coefficient (Wildman–Crippen LogP) is 2.13. The fourth-order valence-electron chi connectivity index (χ4n) is 2.71. The molecule has 0 aromatic carbocycles. The summed E-state index contributed by atoms with van der Waals surface area (Å²) in [5.74, 6) is 1.13. The Balaban J connectivity index is 1.82. The molecule has 0 spiro atoms. The lowest BCUT2D eigenvalue weighted by Crippen LogP contribution is -2.33. The summed E-state index contributed by atoms with van der Waals surface area (Å²) in [4.78, 5) is 10.7. The van der Waals surface area contributed by atoms with Crippen molar-refractivity contribution in [2.75, 3.05) is 37.8 Å². The fourth-order valence-corrected chi connectivity index (χ4v) is 2.71. The van der Waals surface area contributed by atoms with Crippen LogP contribution in [0, 0.1) is 0 Å². The van der Waals surface area contributed by atoms with Crippen molar-refractivity contribution in [3.63, 3.8) is 0 Å². The number of hydrogen-bond donors (Lipinski definition) is 2. The fraction of sp³-hybridized carbons (Fsp3) is 0.733. The van der Waals surface area contributed by atoms with E-state index in [4.69, 9.17) is 10.5 Å². The van der Waals surface area contributed by atoms with E-state index in [9.17, 15) is 0 Å². The number of likely N-dealkylation sites (N-methyl/N-ethyl adjacent to an activating group) is 1. The summed E-state index contributed by atoms with van der Waals surface area (Å²) in [7, 11) is 2.19. The van der Waals surface area contributed by atoms with E-state index in [1.165, 1.54) is 32.0 Å². The molecule has 1 saturated carbocycles. The van der Waals surface area contributed by atoms with Gasteiger partial charge in [0, 0.05) is 19.1 Å². The topological polar surface area (TPSA) is 76.3 Å². The Kier molecular flexibility index (Phi) is 6.04. The molecule has 6 nitrogen and oxygen atoms in total. The molecular formula is C15H27N5O. The number of nitrogen functional groups attached to an aromatic ring is 1. The van der Waals surface area contributed by atoms with Gasteiger partial charge in [-0.15, -0.1) is 0 Å². The maximum Gasteiger partial charge on any atom is 0.242 e. The highest BCUT2D eigenvalue weighted by Gasteiger charge is 2.19. The van der Waals surface area contributed by atoms with Crippen LogP contribution in [0.1, 0.15) is 39.0 Å². The van der Waals surface area contributed by atoms with Crippen LogP contribution in [0.15, 0.2) is 6.33 Å². The molecular weight excluding hydrogens is 266 g/mol. The van der Waals surface area contributed by atoms with Gasteiger partial charge in [0.25, 0.3) is 0 Å². The van der Waals surface area contributed by atoms with E-state index in [0.29, 0.717) is 24.0 Å². The smallest absolute Gasteiger partial charge is 0.242 e. The molecule has 1 aliphatic rings. The zero-order chi connectivity index (χ0) is 15.1. The molecule has 1 aromatic heterocycles. The van der Waals surface area contributed by atoms with Crippen LogP contribution in [0.25, 0.3) is 0 Å². The third-order valence-electron chi connectivity index (χ3n) is 4.00. The molecule has 1 aromatic rings. The summed E-state index contributed by atoms with van der Waals surface area (Å²) in [6, 6.07) is 0.734. The van der Waals surface area contributed by atoms with Crippen molar-refractivity contribution in [2.24, 2.45) is 0 Å². The van der Waals surface area contributed by atoms with Gasteiger partial charge in [-0.3, -0.25) is 0 Å². The molecule has 1 heterocycles. The molecule has 2 rings (SSSR count). The zero-order valence-corrected chi connectivity index (χ0v) is 13.1. The molecule has 0 saturated heterocycles. The van der Waals surface area contributed by atoms with E-state index >= 15 is 0 Å². The maximum atomic E-state index is 6.04. The number of nitrogens with zero attached hydrogens (tertiary/aromatic N) is 3. The molecule has 0 unspecified atom stereocenters. The average molecular weight is 293 g/mol. The molecule has 0 radical (unpaired) electrons. The number of nitrogens with one attached hydrogen (secondary N) is 1. The van der Waals surface area contributed by atoms with Gasteiger partial charge in [0.05, 0.1) is 6.61 Å². The van der Waals surface area contributed by atoms with Gasteiger partial charge in [0.15, 0.2) is 5.82 Å². The largest absolute Gasteiger partial charge is 0.476 e. The summed E-state index contributed by atoms with van der Waals surface area (Å²) in [6.45, 7) is 4.47. The normalized spacial score (nSPS) is 15.6. The highest BCUT2D eigenvalue weighted by molar-refractivity contribution is 5.66. The standard InChI is InChI=1S/C15H27N5O/c1-3-10-21-15-13(16)14(18-11-19-15)17-8-9-20(2)12-6-4-5-7-12/h11-12H,3-10,16H2,1-2H3,(H,17,18,19). The van der Waals surface area contributed by atoms with Gasteiger partial charge in [-0.1, -0.05) is 19.8 Å². The minimum Gasteiger partial charge on any atom is -0.476 e. The Bertz CT molecular complexity index is 434. The van der Waals surface area contributed by atoms with Crippen molar-refractivity contribution < 1.29 is 4.74 Å². The lowest BCUT2D eigenvalue weighted by molar-refractivity contribution is 0.254. The van der Waals surface area contributed by atoms with E-state index in [-0.39, 0.29) is 0 Å². The van der Waals surface area contributed by atoms with E-state index in [0.717, 1.165) is 25.6 Å². The average Bonchev–Trinajstić information content (AvgIpc) is 3.02. The molecule has 0 amide bonds. The second kappa shape index (κ2) is 8.02. The van der Waals surface area contributed by atoms with Gasteiger partial charge in [0.2, 0.25) is 5.88 Å². The number of anilines is 2.